The molecule has 130 valence electrons. The predicted molar refractivity (Wildman–Crippen MR) is 123 cm³/mol. The summed E-state index contributed by atoms with van der Waals surface area (Å²) < 4.78 is 2.82. The maximum atomic E-state index is 2.34. The van der Waals surface area contributed by atoms with E-state index in [0.717, 1.165) is 6.42 Å². The standard InChI is InChI=1S/C27H16S/c1-3-7-18-16(5-1)9-11-20-21-13-14-25-26(24(21)15-23(18)20)22-12-10-17-6-2-4-8-19(17)27(22)28-25/h1-14H,15H2. The lowest BCUT2D eigenvalue weighted by Crippen LogP contribution is -1.84. The minimum absolute atomic E-state index is 1.03. The van der Waals surface area contributed by atoms with Gasteiger partial charge in [0.25, 0.3) is 0 Å². The van der Waals surface area contributed by atoms with Crippen molar-refractivity contribution in [1.82, 2.24) is 0 Å². The van der Waals surface area contributed by atoms with Gasteiger partial charge in [0.05, 0.1) is 0 Å². The first-order valence-electron chi connectivity index (χ1n) is 9.75. The Hall–Kier alpha value is -3.16. The van der Waals surface area contributed by atoms with E-state index in [1.165, 1.54) is 64.0 Å². The fourth-order valence-corrected chi connectivity index (χ4v) is 6.33. The molecule has 28 heavy (non-hydrogen) atoms. The zero-order chi connectivity index (χ0) is 18.2. The maximum Gasteiger partial charge on any atom is 0.0433 e. The zero-order valence-corrected chi connectivity index (χ0v) is 16.0. The molecule has 0 amide bonds. The number of hydrogen-bond acceptors (Lipinski definition) is 1. The Kier molecular flexibility index (Phi) is 2.76. The van der Waals surface area contributed by atoms with Gasteiger partial charge in [-0.25, -0.2) is 0 Å². The highest BCUT2D eigenvalue weighted by Crippen LogP contribution is 2.48. The van der Waals surface area contributed by atoms with Crippen LogP contribution < -0.4 is 0 Å². The molecule has 0 unspecified atom stereocenters. The maximum absolute atomic E-state index is 2.34. The molecule has 5 aromatic carbocycles. The fourth-order valence-electron chi connectivity index (χ4n) is 5.06. The van der Waals surface area contributed by atoms with E-state index in [9.17, 15) is 0 Å². The molecule has 6 aromatic rings. The molecule has 0 saturated carbocycles. The number of rotatable bonds is 0. The lowest BCUT2D eigenvalue weighted by atomic mass is 9.99. The third-order valence-corrected chi connectivity index (χ3v) is 7.52. The van der Waals surface area contributed by atoms with Crippen LogP contribution in [0.4, 0.5) is 0 Å². The van der Waals surface area contributed by atoms with E-state index in [0.29, 0.717) is 0 Å². The van der Waals surface area contributed by atoms with E-state index < -0.39 is 0 Å². The monoisotopic (exact) mass is 372 g/mol. The van der Waals surface area contributed by atoms with Crippen LogP contribution in [-0.4, -0.2) is 0 Å². The molecule has 1 heterocycles. The second kappa shape index (κ2) is 5.21. The van der Waals surface area contributed by atoms with Gasteiger partial charge in [0.1, 0.15) is 0 Å². The Morgan fingerprint density at radius 1 is 0.536 bits per heavy atom. The van der Waals surface area contributed by atoms with Gasteiger partial charge in [-0.15, -0.1) is 11.3 Å². The first-order chi connectivity index (χ1) is 13.9. The SMILES string of the molecule is c1ccc2c3c(ccc2c1)-c1ccc2sc4c5ccccc5ccc4c2c1C3. The first-order valence-corrected chi connectivity index (χ1v) is 10.6. The van der Waals surface area contributed by atoms with Crippen molar-refractivity contribution in [3.05, 3.63) is 96.1 Å². The first kappa shape index (κ1) is 14.8. The van der Waals surface area contributed by atoms with Crippen molar-refractivity contribution in [1.29, 1.82) is 0 Å². The molecule has 0 aliphatic heterocycles. The molecular formula is C27H16S. The Bertz CT molecular complexity index is 1580. The average Bonchev–Trinajstić information content (AvgIpc) is 3.32. The average molecular weight is 372 g/mol. The molecule has 0 atom stereocenters. The van der Waals surface area contributed by atoms with Gasteiger partial charge in [0, 0.05) is 20.2 Å². The van der Waals surface area contributed by atoms with Crippen LogP contribution in [-0.2, 0) is 6.42 Å². The second-order valence-corrected chi connectivity index (χ2v) is 8.77. The van der Waals surface area contributed by atoms with Crippen LogP contribution in [0.15, 0.2) is 84.9 Å². The fraction of sp³-hybridized carbons (Fsp3) is 0.0370. The van der Waals surface area contributed by atoms with Crippen LogP contribution in [0.1, 0.15) is 11.1 Å². The number of fused-ring (bicyclic) bond motifs is 11. The van der Waals surface area contributed by atoms with Crippen molar-refractivity contribution >= 4 is 53.1 Å². The second-order valence-electron chi connectivity index (χ2n) is 7.72. The molecule has 0 saturated heterocycles. The minimum Gasteiger partial charge on any atom is -0.135 e. The highest BCUT2D eigenvalue weighted by atomic mass is 32.1. The summed E-state index contributed by atoms with van der Waals surface area (Å²) >= 11 is 1.94. The summed E-state index contributed by atoms with van der Waals surface area (Å²) in [6, 6.07) is 31.4. The van der Waals surface area contributed by atoms with E-state index in [2.05, 4.69) is 84.9 Å². The molecule has 1 aromatic heterocycles. The lowest BCUT2D eigenvalue weighted by Gasteiger charge is -2.05. The highest BCUT2D eigenvalue weighted by Gasteiger charge is 2.24. The summed E-state index contributed by atoms with van der Waals surface area (Å²) in [5.74, 6) is 0. The Morgan fingerprint density at radius 2 is 1.21 bits per heavy atom. The molecule has 0 bridgehead atoms. The van der Waals surface area contributed by atoms with Gasteiger partial charge < -0.3 is 0 Å². The summed E-state index contributed by atoms with van der Waals surface area (Å²) in [7, 11) is 0. The van der Waals surface area contributed by atoms with Gasteiger partial charge in [-0.1, -0.05) is 78.9 Å². The molecule has 1 aliphatic carbocycles. The summed E-state index contributed by atoms with van der Waals surface area (Å²) in [6.45, 7) is 0. The summed E-state index contributed by atoms with van der Waals surface area (Å²) in [6.07, 6.45) is 1.03. The van der Waals surface area contributed by atoms with E-state index >= 15 is 0 Å². The molecular weight excluding hydrogens is 356 g/mol. The van der Waals surface area contributed by atoms with E-state index in [1.807, 2.05) is 11.3 Å². The summed E-state index contributed by atoms with van der Waals surface area (Å²) in [4.78, 5) is 0. The largest absolute Gasteiger partial charge is 0.135 e. The number of thiophene rings is 1. The molecule has 7 rings (SSSR count). The van der Waals surface area contributed by atoms with Crippen molar-refractivity contribution < 1.29 is 0 Å². The van der Waals surface area contributed by atoms with Crippen LogP contribution in [0, 0.1) is 0 Å². The van der Waals surface area contributed by atoms with E-state index in [4.69, 9.17) is 0 Å². The zero-order valence-electron chi connectivity index (χ0n) is 15.2. The van der Waals surface area contributed by atoms with Crippen LogP contribution in [0.5, 0.6) is 0 Å². The van der Waals surface area contributed by atoms with Crippen molar-refractivity contribution in [2.75, 3.05) is 0 Å². The molecule has 0 fully saturated rings. The molecule has 0 spiro atoms. The van der Waals surface area contributed by atoms with Gasteiger partial charge in [-0.2, -0.15) is 0 Å². The van der Waals surface area contributed by atoms with Crippen molar-refractivity contribution in [2.45, 2.75) is 6.42 Å². The minimum atomic E-state index is 1.03. The van der Waals surface area contributed by atoms with Gasteiger partial charge >= 0.3 is 0 Å². The molecule has 0 N–H and O–H groups in total. The quantitative estimate of drug-likeness (QED) is 0.253. The lowest BCUT2D eigenvalue weighted by molar-refractivity contribution is 1.31. The number of hydrogen-bond donors (Lipinski definition) is 0. The third kappa shape index (κ3) is 1.80. The van der Waals surface area contributed by atoms with Crippen LogP contribution in [0.25, 0.3) is 52.8 Å². The molecule has 1 heteroatoms. The molecule has 1 aliphatic rings. The van der Waals surface area contributed by atoms with Crippen LogP contribution in [0.3, 0.4) is 0 Å². The van der Waals surface area contributed by atoms with Crippen molar-refractivity contribution in [2.24, 2.45) is 0 Å². The smallest absolute Gasteiger partial charge is 0.0433 e. The van der Waals surface area contributed by atoms with Gasteiger partial charge in [-0.05, 0) is 56.3 Å². The highest BCUT2D eigenvalue weighted by molar-refractivity contribution is 7.26. The normalized spacial score (nSPS) is 12.9. The predicted octanol–water partition coefficient (Wildman–Crippen LogP) is 7.93. The van der Waals surface area contributed by atoms with E-state index in [1.54, 1.807) is 0 Å². The van der Waals surface area contributed by atoms with Gasteiger partial charge in [-0.3, -0.25) is 0 Å². The summed E-state index contributed by atoms with van der Waals surface area (Å²) in [5.41, 5.74) is 5.82. The Morgan fingerprint density at radius 3 is 2.11 bits per heavy atom. The number of benzene rings is 5. The van der Waals surface area contributed by atoms with Gasteiger partial charge in [0.2, 0.25) is 0 Å². The van der Waals surface area contributed by atoms with Crippen molar-refractivity contribution in [3.8, 4) is 11.1 Å². The van der Waals surface area contributed by atoms with Gasteiger partial charge in [0.15, 0.2) is 0 Å². The summed E-state index contributed by atoms with van der Waals surface area (Å²) in [5, 5.41) is 8.31. The molecule has 0 nitrogen and oxygen atoms in total. The van der Waals surface area contributed by atoms with Crippen LogP contribution >= 0.6 is 11.3 Å². The topological polar surface area (TPSA) is 0 Å². The Labute approximate surface area is 166 Å². The third-order valence-electron chi connectivity index (χ3n) is 6.32. The van der Waals surface area contributed by atoms with Crippen molar-refractivity contribution in [3.63, 3.8) is 0 Å². The molecule has 0 radical (unpaired) electrons. The van der Waals surface area contributed by atoms with E-state index in [-0.39, 0.29) is 0 Å². The Balaban J connectivity index is 1.60. The van der Waals surface area contributed by atoms with Crippen LogP contribution in [0.2, 0.25) is 0 Å².